The van der Waals surface area contributed by atoms with Crippen molar-refractivity contribution < 1.29 is 9.13 Å². The van der Waals surface area contributed by atoms with Crippen molar-refractivity contribution in [1.82, 2.24) is 9.97 Å². The van der Waals surface area contributed by atoms with Gasteiger partial charge < -0.3 is 4.74 Å². The lowest BCUT2D eigenvalue weighted by molar-refractivity contribution is 0.299. The van der Waals surface area contributed by atoms with E-state index >= 15 is 0 Å². The highest BCUT2D eigenvalue weighted by Gasteiger charge is 2.08. The van der Waals surface area contributed by atoms with Crippen LogP contribution < -0.4 is 0 Å². The van der Waals surface area contributed by atoms with Crippen LogP contribution in [-0.4, -0.2) is 16.6 Å². The summed E-state index contributed by atoms with van der Waals surface area (Å²) in [6.07, 6.45) is 1.63. The number of hydrogen-bond donors (Lipinski definition) is 0. The van der Waals surface area contributed by atoms with Crippen LogP contribution in [0, 0.1) is 5.95 Å². The number of halogens is 1. The molecule has 2 aromatic heterocycles. The Balaban J connectivity index is 2.60. The molecule has 0 amide bonds. The molecular formula is C12H11FN2O. The summed E-state index contributed by atoms with van der Waals surface area (Å²) in [5, 5.41) is 0. The first-order chi connectivity index (χ1) is 7.72. The third kappa shape index (κ3) is 1.86. The fraction of sp³-hybridized carbons (Fsp3) is 0.167. The molecule has 0 saturated heterocycles. The predicted octanol–water partition coefficient (Wildman–Crippen LogP) is 2.78. The quantitative estimate of drug-likeness (QED) is 0.587. The highest BCUT2D eigenvalue weighted by atomic mass is 19.1. The number of aromatic nitrogens is 2. The van der Waals surface area contributed by atoms with Gasteiger partial charge in [-0.2, -0.15) is 4.39 Å². The number of pyridine rings is 2. The van der Waals surface area contributed by atoms with Gasteiger partial charge in [0.15, 0.2) is 0 Å². The molecule has 0 radical (unpaired) electrons. The van der Waals surface area contributed by atoms with Crippen molar-refractivity contribution in [3.05, 3.63) is 42.5 Å². The largest absolute Gasteiger partial charge is 0.494 e. The van der Waals surface area contributed by atoms with E-state index < -0.39 is 5.95 Å². The second-order valence-electron chi connectivity index (χ2n) is 3.22. The molecule has 0 unspecified atom stereocenters. The van der Waals surface area contributed by atoms with Gasteiger partial charge in [0.1, 0.15) is 11.3 Å². The van der Waals surface area contributed by atoms with Gasteiger partial charge in [-0.15, -0.1) is 0 Å². The average Bonchev–Trinajstić information content (AvgIpc) is 2.28. The maximum atomic E-state index is 13.1. The van der Waals surface area contributed by atoms with Gasteiger partial charge in [-0.1, -0.05) is 6.58 Å². The molecule has 4 heteroatoms. The van der Waals surface area contributed by atoms with Crippen LogP contribution in [0.2, 0.25) is 0 Å². The van der Waals surface area contributed by atoms with Crippen molar-refractivity contribution in [2.24, 2.45) is 0 Å². The van der Waals surface area contributed by atoms with Crippen LogP contribution in [0.25, 0.3) is 16.8 Å². The minimum atomic E-state index is -0.536. The van der Waals surface area contributed by atoms with E-state index in [1.165, 1.54) is 6.07 Å². The van der Waals surface area contributed by atoms with Crippen molar-refractivity contribution in [1.29, 1.82) is 0 Å². The van der Waals surface area contributed by atoms with E-state index in [0.29, 0.717) is 29.0 Å². The molecule has 0 aliphatic carbocycles. The molecule has 2 heterocycles. The zero-order valence-electron chi connectivity index (χ0n) is 8.90. The maximum Gasteiger partial charge on any atom is 0.213 e. The van der Waals surface area contributed by atoms with Gasteiger partial charge in [0.2, 0.25) is 5.95 Å². The minimum Gasteiger partial charge on any atom is -0.494 e. The summed E-state index contributed by atoms with van der Waals surface area (Å²) in [6.45, 7) is 6.16. The van der Waals surface area contributed by atoms with Crippen molar-refractivity contribution in [2.45, 2.75) is 6.92 Å². The molecular weight excluding hydrogens is 207 g/mol. The third-order valence-corrected chi connectivity index (χ3v) is 2.17. The van der Waals surface area contributed by atoms with Gasteiger partial charge in [-0.05, 0) is 25.1 Å². The molecule has 82 valence electrons. The van der Waals surface area contributed by atoms with E-state index in [0.717, 1.165) is 0 Å². The second-order valence-corrected chi connectivity index (χ2v) is 3.22. The third-order valence-electron chi connectivity index (χ3n) is 2.17. The van der Waals surface area contributed by atoms with E-state index in [2.05, 4.69) is 16.5 Å². The first-order valence-corrected chi connectivity index (χ1v) is 4.95. The molecule has 0 fully saturated rings. The zero-order valence-corrected chi connectivity index (χ0v) is 8.90. The number of rotatable bonds is 3. The first-order valence-electron chi connectivity index (χ1n) is 4.95. The molecule has 3 nitrogen and oxygen atoms in total. The van der Waals surface area contributed by atoms with E-state index in [-0.39, 0.29) is 0 Å². The average molecular weight is 218 g/mol. The fourth-order valence-corrected chi connectivity index (χ4v) is 1.48. The Kier molecular flexibility index (Phi) is 2.81. The molecule has 0 saturated carbocycles. The predicted molar refractivity (Wildman–Crippen MR) is 60.2 cm³/mol. The van der Waals surface area contributed by atoms with E-state index in [4.69, 9.17) is 4.74 Å². The summed E-state index contributed by atoms with van der Waals surface area (Å²) in [6, 6.07) is 4.58. The molecule has 0 aliphatic rings. The molecule has 0 spiro atoms. The van der Waals surface area contributed by atoms with Gasteiger partial charge in [-0.3, -0.25) is 4.98 Å². The zero-order chi connectivity index (χ0) is 11.5. The lowest BCUT2D eigenvalue weighted by Gasteiger charge is -2.08. The maximum absolute atomic E-state index is 13.1. The Hall–Kier alpha value is -1.97. The minimum absolute atomic E-state index is 0.473. The molecule has 0 aliphatic heterocycles. The Morgan fingerprint density at radius 1 is 1.44 bits per heavy atom. The number of fused-ring (bicyclic) bond motifs is 1. The Morgan fingerprint density at radius 3 is 3.00 bits per heavy atom. The highest BCUT2D eigenvalue weighted by Crippen LogP contribution is 2.21. The van der Waals surface area contributed by atoms with Gasteiger partial charge in [0.25, 0.3) is 0 Å². The SMILES string of the molecule is C=C(OCC)c1ccnc2ccc(F)nc12. The van der Waals surface area contributed by atoms with Crippen LogP contribution in [0.1, 0.15) is 12.5 Å². The van der Waals surface area contributed by atoms with Crippen molar-refractivity contribution in [3.8, 4) is 0 Å². The van der Waals surface area contributed by atoms with E-state index in [9.17, 15) is 4.39 Å². The van der Waals surface area contributed by atoms with Crippen LogP contribution in [0.15, 0.2) is 31.0 Å². The number of ether oxygens (including phenoxy) is 1. The van der Waals surface area contributed by atoms with Gasteiger partial charge >= 0.3 is 0 Å². The molecule has 16 heavy (non-hydrogen) atoms. The monoisotopic (exact) mass is 218 g/mol. The molecule has 2 rings (SSSR count). The molecule has 2 aromatic rings. The van der Waals surface area contributed by atoms with Crippen LogP contribution in [0.4, 0.5) is 4.39 Å². The second kappa shape index (κ2) is 4.26. The van der Waals surface area contributed by atoms with Crippen LogP contribution >= 0.6 is 0 Å². The molecule has 0 aromatic carbocycles. The highest BCUT2D eigenvalue weighted by molar-refractivity contribution is 5.85. The van der Waals surface area contributed by atoms with Crippen molar-refractivity contribution in [3.63, 3.8) is 0 Å². The van der Waals surface area contributed by atoms with E-state index in [1.807, 2.05) is 6.92 Å². The summed E-state index contributed by atoms with van der Waals surface area (Å²) < 4.78 is 18.3. The molecule has 0 atom stereocenters. The Morgan fingerprint density at radius 2 is 2.25 bits per heavy atom. The summed E-state index contributed by atoms with van der Waals surface area (Å²) in [7, 11) is 0. The van der Waals surface area contributed by atoms with Crippen LogP contribution in [0.3, 0.4) is 0 Å². The lowest BCUT2D eigenvalue weighted by Crippen LogP contribution is -1.95. The number of nitrogens with zero attached hydrogens (tertiary/aromatic N) is 2. The Bertz CT molecular complexity index is 540. The summed E-state index contributed by atoms with van der Waals surface area (Å²) in [5.41, 5.74) is 1.77. The van der Waals surface area contributed by atoms with Gasteiger partial charge in [0, 0.05) is 11.8 Å². The van der Waals surface area contributed by atoms with Gasteiger partial charge in [-0.25, -0.2) is 4.98 Å². The standard InChI is InChI=1S/C12H11FN2O/c1-3-16-8(2)9-6-7-14-10-4-5-11(13)15-12(9)10/h4-7H,2-3H2,1H3. The molecule has 0 bridgehead atoms. The van der Waals surface area contributed by atoms with Crippen molar-refractivity contribution >= 4 is 16.8 Å². The number of hydrogen-bond acceptors (Lipinski definition) is 3. The van der Waals surface area contributed by atoms with Crippen LogP contribution in [-0.2, 0) is 4.74 Å². The summed E-state index contributed by atoms with van der Waals surface area (Å²) >= 11 is 0. The topological polar surface area (TPSA) is 35.0 Å². The molecule has 0 N–H and O–H groups in total. The first kappa shape index (κ1) is 10.5. The lowest BCUT2D eigenvalue weighted by atomic mass is 10.2. The van der Waals surface area contributed by atoms with E-state index in [1.54, 1.807) is 18.3 Å². The summed E-state index contributed by atoms with van der Waals surface area (Å²) in [4.78, 5) is 7.91. The Labute approximate surface area is 92.6 Å². The fourth-order valence-electron chi connectivity index (χ4n) is 1.48. The van der Waals surface area contributed by atoms with Gasteiger partial charge in [0.05, 0.1) is 12.1 Å². The normalized spacial score (nSPS) is 10.4. The van der Waals surface area contributed by atoms with Crippen molar-refractivity contribution in [2.75, 3.05) is 6.61 Å². The smallest absolute Gasteiger partial charge is 0.213 e. The summed E-state index contributed by atoms with van der Waals surface area (Å²) in [5.74, 6) is -0.0564. The van der Waals surface area contributed by atoms with Crippen LogP contribution in [0.5, 0.6) is 0 Å².